The van der Waals surface area contributed by atoms with Gasteiger partial charge in [0.05, 0.1) is 13.2 Å². The maximum atomic E-state index is 12.6. The Bertz CT molecular complexity index is 930. The van der Waals surface area contributed by atoms with Gasteiger partial charge < -0.3 is 20.1 Å². The largest absolute Gasteiger partial charge is 0.490 e. The fraction of sp³-hybridized carbons (Fsp3) is 0.583. The number of carbonyl (C=O) groups is 4. The number of ether oxygens (including phenoxy) is 1. The molecule has 9 nitrogen and oxygen atoms in total. The number of Topliss-reactive ketones (excluding diaryl/α,β-unsaturated/α-hetero) is 1. The predicted octanol–water partition coefficient (Wildman–Crippen LogP) is 1.68. The van der Waals surface area contributed by atoms with Gasteiger partial charge in [0.1, 0.15) is 0 Å². The number of esters is 1. The van der Waals surface area contributed by atoms with Crippen LogP contribution in [0.5, 0.6) is 0 Å². The summed E-state index contributed by atoms with van der Waals surface area (Å²) < 4.78 is 36.7. The molecule has 0 aromatic heterocycles. The Hall–Kier alpha value is -2.99. The van der Waals surface area contributed by atoms with Crippen LogP contribution in [0.15, 0.2) is 18.2 Å². The number of alkyl halides is 3. The van der Waals surface area contributed by atoms with E-state index in [4.69, 9.17) is 14.6 Å². The lowest BCUT2D eigenvalue weighted by Crippen LogP contribution is -2.50. The monoisotopic (exact) mass is 515 g/mol. The van der Waals surface area contributed by atoms with Crippen molar-refractivity contribution in [1.29, 1.82) is 0 Å². The third-order valence-electron chi connectivity index (χ3n) is 5.86. The van der Waals surface area contributed by atoms with Crippen molar-refractivity contribution in [3.05, 3.63) is 34.9 Å². The average Bonchev–Trinajstić information content (AvgIpc) is 3.07. The first-order chi connectivity index (χ1) is 17.0. The van der Waals surface area contributed by atoms with Crippen LogP contribution in [-0.2, 0) is 32.0 Å². The molecule has 2 heterocycles. The molecule has 0 unspecified atom stereocenters. The molecule has 1 fully saturated rings. The quantitative estimate of drug-likeness (QED) is 0.416. The summed E-state index contributed by atoms with van der Waals surface area (Å²) in [5.41, 5.74) is 3.26. The number of piperazine rings is 1. The molecule has 36 heavy (non-hydrogen) atoms. The fourth-order valence-electron chi connectivity index (χ4n) is 3.91. The summed E-state index contributed by atoms with van der Waals surface area (Å²) in [6.07, 6.45) is -2.69. The Morgan fingerprint density at radius 1 is 1.00 bits per heavy atom. The van der Waals surface area contributed by atoms with Crippen LogP contribution in [0.2, 0.25) is 0 Å². The second kappa shape index (κ2) is 13.9. The molecule has 0 spiro atoms. The number of nitrogens with one attached hydrogen (secondary N) is 1. The summed E-state index contributed by atoms with van der Waals surface area (Å²) >= 11 is 0. The summed E-state index contributed by atoms with van der Waals surface area (Å²) in [5.74, 6) is -2.95. The minimum atomic E-state index is -5.08. The van der Waals surface area contributed by atoms with Gasteiger partial charge in [0.25, 0.3) is 0 Å². The van der Waals surface area contributed by atoms with Crippen molar-refractivity contribution in [2.24, 2.45) is 0 Å². The van der Waals surface area contributed by atoms with E-state index in [0.717, 1.165) is 25.9 Å². The van der Waals surface area contributed by atoms with Crippen LogP contribution < -0.4 is 5.32 Å². The zero-order valence-corrected chi connectivity index (χ0v) is 20.2. The molecule has 0 atom stereocenters. The number of carboxylic acids is 1. The van der Waals surface area contributed by atoms with Crippen LogP contribution in [0.4, 0.5) is 13.2 Å². The second-order valence-corrected chi connectivity index (χ2v) is 8.42. The van der Waals surface area contributed by atoms with Gasteiger partial charge in [-0.15, -0.1) is 0 Å². The van der Waals surface area contributed by atoms with Gasteiger partial charge in [-0.3, -0.25) is 19.3 Å². The second-order valence-electron chi connectivity index (χ2n) is 8.42. The minimum absolute atomic E-state index is 0.00750. The molecule has 2 aliphatic rings. The summed E-state index contributed by atoms with van der Waals surface area (Å²) in [4.78, 5) is 49.3. The lowest BCUT2D eigenvalue weighted by molar-refractivity contribution is -0.192. The number of hydrogen-bond donors (Lipinski definition) is 2. The molecule has 3 rings (SSSR count). The summed E-state index contributed by atoms with van der Waals surface area (Å²) in [6.45, 7) is 6.81. The number of ketones is 1. The normalized spacial score (nSPS) is 16.2. The van der Waals surface area contributed by atoms with Crippen molar-refractivity contribution in [3.63, 3.8) is 0 Å². The minimum Gasteiger partial charge on any atom is -0.475 e. The number of rotatable bonds is 7. The molecule has 1 aromatic rings. The maximum absolute atomic E-state index is 12.6. The van der Waals surface area contributed by atoms with E-state index < -0.39 is 12.1 Å². The molecular weight excluding hydrogens is 483 g/mol. The molecule has 0 saturated carbocycles. The first-order valence-electron chi connectivity index (χ1n) is 11.8. The van der Waals surface area contributed by atoms with E-state index in [2.05, 4.69) is 11.4 Å². The first kappa shape index (κ1) is 29.2. The van der Waals surface area contributed by atoms with E-state index in [1.807, 2.05) is 17.0 Å². The van der Waals surface area contributed by atoms with E-state index in [0.29, 0.717) is 38.3 Å². The smallest absolute Gasteiger partial charge is 0.475 e. The zero-order chi connectivity index (χ0) is 26.7. The lowest BCUT2D eigenvalue weighted by Gasteiger charge is -2.34. The van der Waals surface area contributed by atoms with Crippen molar-refractivity contribution in [2.75, 3.05) is 52.4 Å². The van der Waals surface area contributed by atoms with Crippen molar-refractivity contribution >= 4 is 23.6 Å². The molecule has 2 aliphatic heterocycles. The van der Waals surface area contributed by atoms with Crippen molar-refractivity contribution in [3.8, 4) is 0 Å². The summed E-state index contributed by atoms with van der Waals surface area (Å²) in [6, 6.07) is 5.95. The highest BCUT2D eigenvalue weighted by Gasteiger charge is 2.38. The molecule has 200 valence electrons. The molecule has 0 aliphatic carbocycles. The number of nitrogens with zero attached hydrogens (tertiary/aromatic N) is 2. The first-order valence-corrected chi connectivity index (χ1v) is 11.8. The highest BCUT2D eigenvalue weighted by molar-refractivity contribution is 5.98. The van der Waals surface area contributed by atoms with Crippen molar-refractivity contribution < 1.29 is 42.2 Å². The van der Waals surface area contributed by atoms with E-state index in [9.17, 15) is 27.6 Å². The van der Waals surface area contributed by atoms with Crippen molar-refractivity contribution in [1.82, 2.24) is 15.1 Å². The van der Waals surface area contributed by atoms with Gasteiger partial charge in [0.15, 0.2) is 5.78 Å². The Kier molecular flexibility index (Phi) is 11.3. The van der Waals surface area contributed by atoms with Crippen molar-refractivity contribution in [2.45, 2.75) is 38.8 Å². The van der Waals surface area contributed by atoms with Crippen LogP contribution in [0.3, 0.4) is 0 Å². The summed E-state index contributed by atoms with van der Waals surface area (Å²) in [7, 11) is 0. The Balaban J connectivity index is 0.000000572. The fourth-order valence-corrected chi connectivity index (χ4v) is 3.91. The SMILES string of the molecule is CCOC(=O)CN1CCN(C(=O)CCC(=O)c2ccc3c(c2)CCNCC3)CC1.O=C(O)C(F)(F)F. The molecular formula is C24H32F3N3O6. The van der Waals surface area contributed by atoms with Gasteiger partial charge >= 0.3 is 18.1 Å². The average molecular weight is 516 g/mol. The van der Waals surface area contributed by atoms with Gasteiger partial charge in [-0.05, 0) is 50.0 Å². The number of amides is 1. The third-order valence-corrected chi connectivity index (χ3v) is 5.86. The van der Waals surface area contributed by atoms with Crippen LogP contribution in [0, 0.1) is 0 Å². The van der Waals surface area contributed by atoms with Gasteiger partial charge in [-0.2, -0.15) is 13.2 Å². The highest BCUT2D eigenvalue weighted by Crippen LogP contribution is 2.17. The van der Waals surface area contributed by atoms with E-state index in [1.54, 1.807) is 11.8 Å². The third kappa shape index (κ3) is 9.57. The van der Waals surface area contributed by atoms with Gasteiger partial charge in [-0.1, -0.05) is 12.1 Å². The Labute approximate surface area is 207 Å². The Morgan fingerprint density at radius 2 is 1.61 bits per heavy atom. The number of benzene rings is 1. The van der Waals surface area contributed by atoms with Crippen LogP contribution in [-0.4, -0.2) is 97.1 Å². The maximum Gasteiger partial charge on any atom is 0.490 e. The number of halogens is 3. The number of carbonyl (C=O) groups excluding carboxylic acids is 3. The number of aliphatic carboxylic acids is 1. The molecule has 0 bridgehead atoms. The van der Waals surface area contributed by atoms with E-state index in [1.165, 1.54) is 11.1 Å². The molecule has 1 saturated heterocycles. The molecule has 0 radical (unpaired) electrons. The topological polar surface area (TPSA) is 116 Å². The van der Waals surface area contributed by atoms with E-state index >= 15 is 0 Å². The number of carboxylic acid groups (broad SMARTS) is 1. The van der Waals surface area contributed by atoms with Crippen LogP contribution in [0.1, 0.15) is 41.3 Å². The lowest BCUT2D eigenvalue weighted by atomic mass is 9.97. The van der Waals surface area contributed by atoms with Gasteiger partial charge in [0.2, 0.25) is 5.91 Å². The van der Waals surface area contributed by atoms with Crippen LogP contribution >= 0.6 is 0 Å². The standard InChI is InChI=1S/C22H31N3O4.C2HF3O2/c1-2-29-22(28)16-24-11-13-25(14-12-24)21(27)6-5-20(26)19-4-3-17-7-9-23-10-8-18(17)15-19;3-2(4,5)1(6)7/h3-4,15,23H,2,5-14,16H2,1H3;(H,6,7). The highest BCUT2D eigenvalue weighted by atomic mass is 19.4. The molecule has 12 heteroatoms. The van der Waals surface area contributed by atoms with Crippen LogP contribution in [0.25, 0.3) is 0 Å². The number of fused-ring (bicyclic) bond motifs is 1. The predicted molar refractivity (Wildman–Crippen MR) is 124 cm³/mol. The zero-order valence-electron chi connectivity index (χ0n) is 20.2. The molecule has 1 amide bonds. The van der Waals surface area contributed by atoms with Gasteiger partial charge in [0, 0.05) is 44.6 Å². The molecule has 2 N–H and O–H groups in total. The van der Waals surface area contributed by atoms with E-state index in [-0.39, 0.29) is 37.0 Å². The Morgan fingerprint density at radius 3 is 2.19 bits per heavy atom. The number of hydrogen-bond acceptors (Lipinski definition) is 7. The molecule has 1 aromatic carbocycles. The summed E-state index contributed by atoms with van der Waals surface area (Å²) in [5, 5.41) is 10.5. The van der Waals surface area contributed by atoms with Gasteiger partial charge in [-0.25, -0.2) is 4.79 Å².